The first-order chi connectivity index (χ1) is 15.5. The predicted molar refractivity (Wildman–Crippen MR) is 129 cm³/mol. The Labute approximate surface area is 199 Å². The Morgan fingerprint density at radius 1 is 0.969 bits per heavy atom. The maximum atomic E-state index is 11.3. The summed E-state index contributed by atoms with van der Waals surface area (Å²) in [6.07, 6.45) is 0. The summed E-state index contributed by atoms with van der Waals surface area (Å²) in [4.78, 5) is 11.3. The Balaban J connectivity index is 0.00000227. The Hall–Kier alpha value is -2.07. The highest BCUT2D eigenvalue weighted by Gasteiger charge is 2.13. The summed E-state index contributed by atoms with van der Waals surface area (Å²) in [6.45, 7) is 6.51. The van der Waals surface area contributed by atoms with Gasteiger partial charge in [0.25, 0.3) is 0 Å². The largest absolute Gasteiger partial charge is 0.488 e. The van der Waals surface area contributed by atoms with Crippen LogP contribution in [0.15, 0.2) is 36.4 Å². The van der Waals surface area contributed by atoms with E-state index >= 15 is 0 Å². The molecule has 0 spiro atoms. The van der Waals surface area contributed by atoms with Crippen molar-refractivity contribution in [2.24, 2.45) is 5.73 Å². The van der Waals surface area contributed by atoms with Crippen LogP contribution in [0.4, 0.5) is 11.4 Å². The minimum Gasteiger partial charge on any atom is -0.488 e. The van der Waals surface area contributed by atoms with E-state index in [1.807, 2.05) is 13.8 Å². The number of aromatic carboxylic acids is 1. The fourth-order valence-electron chi connectivity index (χ4n) is 2.31. The number of rotatable bonds is 12. The summed E-state index contributed by atoms with van der Waals surface area (Å²) in [7, 11) is 1.00. The molecule has 0 aromatic heterocycles. The first kappa shape index (κ1) is 29.9. The molecule has 0 aliphatic rings. The molecule has 0 heterocycles. The lowest BCUT2D eigenvalue weighted by Gasteiger charge is -2.14. The number of carboxylic acid groups (broad SMARTS) is 1. The van der Waals surface area contributed by atoms with Gasteiger partial charge in [-0.25, -0.2) is 4.79 Å². The fraction of sp³-hybridized carbons (Fsp3) is 0.409. The molecule has 0 radical (unpaired) electrons. The number of aliphatic hydroxyl groups is 1. The average molecular weight is 491 g/mol. The summed E-state index contributed by atoms with van der Waals surface area (Å²) in [5, 5.41) is 19.9. The van der Waals surface area contributed by atoms with Gasteiger partial charge in [0.2, 0.25) is 0 Å². The summed E-state index contributed by atoms with van der Waals surface area (Å²) >= 11 is 12.5. The normalized spacial score (nSPS) is 9.72. The SMILES string of the molecule is CC.CO.NCCOCCOCCOc1c(Cl)cc(Nc2ccccc2C(=O)O)cc1Cl. The molecule has 2 aromatic rings. The predicted octanol–water partition coefficient (Wildman–Crippen LogP) is 4.44. The number of halogens is 2. The van der Waals surface area contributed by atoms with Crippen molar-refractivity contribution in [3.63, 3.8) is 0 Å². The number of nitrogens with one attached hydrogen (secondary N) is 1. The third-order valence-electron chi connectivity index (χ3n) is 3.54. The van der Waals surface area contributed by atoms with Gasteiger partial charge in [-0.1, -0.05) is 49.2 Å². The second-order valence-electron chi connectivity index (χ2n) is 5.61. The Morgan fingerprint density at radius 3 is 2.06 bits per heavy atom. The van der Waals surface area contributed by atoms with Crippen LogP contribution in [0.3, 0.4) is 0 Å². The first-order valence-corrected chi connectivity index (χ1v) is 10.8. The van der Waals surface area contributed by atoms with Crippen molar-refractivity contribution in [2.45, 2.75) is 13.8 Å². The van der Waals surface area contributed by atoms with Gasteiger partial charge >= 0.3 is 5.97 Å². The molecule has 0 fully saturated rings. The maximum Gasteiger partial charge on any atom is 0.337 e. The molecule has 2 rings (SSSR count). The van der Waals surface area contributed by atoms with Crippen LogP contribution in [-0.4, -0.2) is 62.9 Å². The van der Waals surface area contributed by atoms with Crippen molar-refractivity contribution in [3.05, 3.63) is 52.0 Å². The van der Waals surface area contributed by atoms with Crippen LogP contribution in [0.2, 0.25) is 10.0 Å². The number of nitrogens with two attached hydrogens (primary N) is 1. The zero-order valence-electron chi connectivity index (χ0n) is 18.6. The van der Waals surface area contributed by atoms with Gasteiger partial charge in [-0.15, -0.1) is 0 Å². The fourth-order valence-corrected chi connectivity index (χ4v) is 2.91. The monoisotopic (exact) mass is 490 g/mol. The van der Waals surface area contributed by atoms with Crippen LogP contribution in [0.25, 0.3) is 0 Å². The summed E-state index contributed by atoms with van der Waals surface area (Å²) in [5.74, 6) is -0.697. The molecule has 0 aliphatic heterocycles. The van der Waals surface area contributed by atoms with E-state index in [1.54, 1.807) is 30.3 Å². The third kappa shape index (κ3) is 11.0. The lowest BCUT2D eigenvalue weighted by Crippen LogP contribution is -2.14. The van der Waals surface area contributed by atoms with Crippen LogP contribution < -0.4 is 15.8 Å². The zero-order valence-corrected chi connectivity index (χ0v) is 20.1. The lowest BCUT2D eigenvalue weighted by atomic mass is 10.1. The van der Waals surface area contributed by atoms with E-state index in [2.05, 4.69) is 5.32 Å². The average Bonchev–Trinajstić information content (AvgIpc) is 2.80. The van der Waals surface area contributed by atoms with Gasteiger partial charge < -0.3 is 35.5 Å². The molecule has 0 saturated heterocycles. The molecule has 0 amide bonds. The topological polar surface area (TPSA) is 123 Å². The van der Waals surface area contributed by atoms with Gasteiger partial charge in [0.1, 0.15) is 6.61 Å². The molecule has 8 nitrogen and oxygen atoms in total. The van der Waals surface area contributed by atoms with E-state index in [4.69, 9.17) is 48.3 Å². The number of ether oxygens (including phenoxy) is 3. The van der Waals surface area contributed by atoms with Crippen molar-refractivity contribution in [1.82, 2.24) is 0 Å². The minimum atomic E-state index is -1.03. The third-order valence-corrected chi connectivity index (χ3v) is 4.10. The van der Waals surface area contributed by atoms with Gasteiger partial charge in [0, 0.05) is 19.3 Å². The molecule has 10 heteroatoms. The standard InChI is InChI=1S/C19H22Cl2N2O5.C2H6.CH4O/c20-15-11-13(23-17-4-2-1-3-14(17)19(24)25)12-16(21)18(15)28-10-9-27-8-7-26-6-5-22;2*1-2/h1-4,11-12,23H,5-10,22H2,(H,24,25);1-2H3;2H,1H3. The number of anilines is 2. The van der Waals surface area contributed by atoms with Crippen molar-refractivity contribution < 1.29 is 29.2 Å². The second-order valence-corrected chi connectivity index (χ2v) is 6.42. The smallest absolute Gasteiger partial charge is 0.337 e. The Bertz CT molecular complexity index is 770. The molecule has 0 unspecified atom stereocenters. The molecular weight excluding hydrogens is 459 g/mol. The first-order valence-electron chi connectivity index (χ1n) is 10.0. The number of para-hydroxylation sites is 1. The van der Waals surface area contributed by atoms with E-state index in [9.17, 15) is 9.90 Å². The van der Waals surface area contributed by atoms with Gasteiger partial charge in [-0.2, -0.15) is 0 Å². The Kier molecular flexibility index (Phi) is 17.3. The van der Waals surface area contributed by atoms with Crippen molar-refractivity contribution in [1.29, 1.82) is 0 Å². The Morgan fingerprint density at radius 2 is 1.50 bits per heavy atom. The van der Waals surface area contributed by atoms with Crippen molar-refractivity contribution >= 4 is 40.5 Å². The van der Waals surface area contributed by atoms with Crippen LogP contribution in [0.1, 0.15) is 24.2 Å². The number of carbonyl (C=O) groups is 1. The maximum absolute atomic E-state index is 11.3. The van der Waals surface area contributed by atoms with Crippen LogP contribution >= 0.6 is 23.2 Å². The van der Waals surface area contributed by atoms with Crippen LogP contribution in [0.5, 0.6) is 5.75 Å². The number of aliphatic hydroxyl groups excluding tert-OH is 1. The summed E-state index contributed by atoms with van der Waals surface area (Å²) < 4.78 is 16.2. The zero-order chi connectivity index (χ0) is 24.4. The van der Waals surface area contributed by atoms with E-state index in [0.29, 0.717) is 60.1 Å². The van der Waals surface area contributed by atoms with E-state index < -0.39 is 5.97 Å². The van der Waals surface area contributed by atoms with Crippen molar-refractivity contribution in [3.8, 4) is 5.75 Å². The molecule has 32 heavy (non-hydrogen) atoms. The number of benzene rings is 2. The molecule has 180 valence electrons. The second kappa shape index (κ2) is 18.5. The van der Waals surface area contributed by atoms with Crippen LogP contribution in [-0.2, 0) is 9.47 Å². The van der Waals surface area contributed by atoms with Gasteiger partial charge in [-0.3, -0.25) is 0 Å². The van der Waals surface area contributed by atoms with Crippen LogP contribution in [0, 0.1) is 0 Å². The van der Waals surface area contributed by atoms with Crippen molar-refractivity contribution in [2.75, 3.05) is 52.0 Å². The van der Waals surface area contributed by atoms with E-state index in [-0.39, 0.29) is 12.2 Å². The molecule has 2 aromatic carbocycles. The quantitative estimate of drug-likeness (QED) is 0.322. The molecule has 0 atom stereocenters. The molecular formula is C22H32Cl2N2O6. The minimum absolute atomic E-state index is 0.141. The van der Waals surface area contributed by atoms with Gasteiger partial charge in [-0.05, 0) is 24.3 Å². The van der Waals surface area contributed by atoms with E-state index in [0.717, 1.165) is 7.11 Å². The van der Waals surface area contributed by atoms with E-state index in [1.165, 1.54) is 6.07 Å². The lowest BCUT2D eigenvalue weighted by molar-refractivity contribution is 0.0388. The number of carboxylic acids is 1. The molecule has 0 saturated carbocycles. The van der Waals surface area contributed by atoms with Gasteiger partial charge in [0.05, 0.1) is 47.7 Å². The molecule has 5 N–H and O–H groups in total. The highest BCUT2D eigenvalue weighted by molar-refractivity contribution is 6.37. The highest BCUT2D eigenvalue weighted by Crippen LogP contribution is 2.37. The summed E-state index contributed by atoms with van der Waals surface area (Å²) in [5.41, 5.74) is 6.44. The number of hydrogen-bond donors (Lipinski definition) is 4. The highest BCUT2D eigenvalue weighted by atomic mass is 35.5. The molecule has 0 aliphatic carbocycles. The number of hydrogen-bond acceptors (Lipinski definition) is 7. The van der Waals surface area contributed by atoms with Gasteiger partial charge in [0.15, 0.2) is 5.75 Å². The summed E-state index contributed by atoms with van der Waals surface area (Å²) in [6, 6.07) is 9.77. The molecule has 0 bridgehead atoms.